The summed E-state index contributed by atoms with van der Waals surface area (Å²) in [6.07, 6.45) is 1.39. The molecular weight excluding hydrogens is 418 g/mol. The molecule has 0 N–H and O–H groups in total. The second-order valence-corrected chi connectivity index (χ2v) is 9.67. The standard InChI is InChI=1S/C19H19NO7S2/c1-15(27-2)19(9-6-14-28(23,24)17-7-4-3-5-8-17)29(25,26)18-12-10-16(11-13-18)20(21)22/h3-15H,1-2H3. The lowest BCUT2D eigenvalue weighted by molar-refractivity contribution is -0.384. The van der Waals surface area contributed by atoms with E-state index in [0.29, 0.717) is 0 Å². The fraction of sp³-hybridized carbons (Fsp3) is 0.158. The van der Waals surface area contributed by atoms with Gasteiger partial charge in [0.15, 0.2) is 9.84 Å². The van der Waals surface area contributed by atoms with Crippen molar-refractivity contribution in [2.24, 2.45) is 0 Å². The number of nitrogens with zero attached hydrogens (tertiary/aromatic N) is 1. The molecule has 29 heavy (non-hydrogen) atoms. The Morgan fingerprint density at radius 1 is 1.00 bits per heavy atom. The van der Waals surface area contributed by atoms with Crippen LogP contribution in [0.5, 0.6) is 0 Å². The number of rotatable bonds is 8. The molecule has 8 nitrogen and oxygen atoms in total. The largest absolute Gasteiger partial charge is 0.376 e. The Morgan fingerprint density at radius 2 is 1.59 bits per heavy atom. The summed E-state index contributed by atoms with van der Waals surface area (Å²) < 4.78 is 55.6. The number of methoxy groups -OCH3 is 1. The highest BCUT2D eigenvalue weighted by molar-refractivity contribution is 7.95. The fourth-order valence-electron chi connectivity index (χ4n) is 2.37. The summed E-state index contributed by atoms with van der Waals surface area (Å²) in [6, 6.07) is 12.1. The van der Waals surface area contributed by atoms with E-state index in [1.807, 2.05) is 0 Å². The zero-order valence-electron chi connectivity index (χ0n) is 15.6. The maximum Gasteiger partial charge on any atom is 0.269 e. The first-order chi connectivity index (χ1) is 13.6. The van der Waals surface area contributed by atoms with Gasteiger partial charge in [0.1, 0.15) is 0 Å². The molecule has 0 aliphatic carbocycles. The van der Waals surface area contributed by atoms with Gasteiger partial charge in [-0.15, -0.1) is 0 Å². The topological polar surface area (TPSA) is 121 Å². The van der Waals surface area contributed by atoms with Gasteiger partial charge in [-0.2, -0.15) is 0 Å². The van der Waals surface area contributed by atoms with Crippen molar-refractivity contribution in [1.82, 2.24) is 0 Å². The Morgan fingerprint density at radius 3 is 2.10 bits per heavy atom. The van der Waals surface area contributed by atoms with Crippen molar-refractivity contribution in [3.63, 3.8) is 0 Å². The van der Waals surface area contributed by atoms with Crippen molar-refractivity contribution in [2.75, 3.05) is 7.11 Å². The number of allylic oxidation sites excluding steroid dienone is 2. The molecule has 2 rings (SSSR count). The molecule has 0 aliphatic heterocycles. The molecule has 0 aromatic heterocycles. The minimum atomic E-state index is -4.07. The molecule has 0 spiro atoms. The lowest BCUT2D eigenvalue weighted by atomic mass is 10.3. The fourth-order valence-corrected chi connectivity index (χ4v) is 4.91. The molecule has 0 aliphatic rings. The molecule has 1 unspecified atom stereocenters. The van der Waals surface area contributed by atoms with Gasteiger partial charge in [0.2, 0.25) is 9.84 Å². The van der Waals surface area contributed by atoms with E-state index in [0.717, 1.165) is 41.8 Å². The first-order valence-corrected chi connectivity index (χ1v) is 11.3. The normalized spacial score (nSPS) is 14.1. The first-order valence-electron chi connectivity index (χ1n) is 8.30. The monoisotopic (exact) mass is 437 g/mol. The zero-order valence-corrected chi connectivity index (χ0v) is 17.3. The molecule has 0 saturated carbocycles. The van der Waals surface area contributed by atoms with Gasteiger partial charge in [-0.3, -0.25) is 10.1 Å². The molecule has 0 heterocycles. The highest BCUT2D eigenvalue weighted by atomic mass is 32.2. The average molecular weight is 437 g/mol. The maximum absolute atomic E-state index is 12.9. The van der Waals surface area contributed by atoms with Gasteiger partial charge in [-0.05, 0) is 43.3 Å². The van der Waals surface area contributed by atoms with E-state index in [1.54, 1.807) is 18.2 Å². The Hall–Kier alpha value is -2.82. The highest BCUT2D eigenvalue weighted by Crippen LogP contribution is 2.25. The van der Waals surface area contributed by atoms with Crippen LogP contribution in [-0.2, 0) is 24.4 Å². The zero-order chi connectivity index (χ0) is 21.7. The van der Waals surface area contributed by atoms with E-state index in [2.05, 4.69) is 0 Å². The molecule has 2 aromatic carbocycles. The predicted molar refractivity (Wildman–Crippen MR) is 108 cm³/mol. The van der Waals surface area contributed by atoms with Crippen molar-refractivity contribution in [2.45, 2.75) is 22.8 Å². The van der Waals surface area contributed by atoms with Gasteiger partial charge in [-0.1, -0.05) is 18.2 Å². The molecule has 0 radical (unpaired) electrons. The maximum atomic E-state index is 12.9. The van der Waals surface area contributed by atoms with Crippen LogP contribution in [0.1, 0.15) is 6.92 Å². The van der Waals surface area contributed by atoms with Crippen LogP contribution in [0.2, 0.25) is 0 Å². The lowest BCUT2D eigenvalue weighted by Crippen LogP contribution is -2.18. The van der Waals surface area contributed by atoms with E-state index in [9.17, 15) is 26.9 Å². The summed E-state index contributed by atoms with van der Waals surface area (Å²) in [4.78, 5) is 9.84. The molecule has 10 heteroatoms. The van der Waals surface area contributed by atoms with Gasteiger partial charge in [0.05, 0.1) is 25.7 Å². The van der Waals surface area contributed by atoms with Crippen molar-refractivity contribution >= 4 is 25.4 Å². The number of sulfone groups is 2. The van der Waals surface area contributed by atoms with Gasteiger partial charge >= 0.3 is 0 Å². The Labute approximate surface area is 169 Å². The quantitative estimate of drug-likeness (QED) is 0.353. The molecule has 0 bridgehead atoms. The second-order valence-electron chi connectivity index (χ2n) is 5.89. The molecule has 0 saturated heterocycles. The van der Waals surface area contributed by atoms with E-state index < -0.39 is 30.7 Å². The van der Waals surface area contributed by atoms with Crippen LogP contribution >= 0.6 is 0 Å². The summed E-state index contributed by atoms with van der Waals surface area (Å²) in [6.45, 7) is 1.49. The Kier molecular flexibility index (Phi) is 7.07. The summed E-state index contributed by atoms with van der Waals surface area (Å²) in [5.41, 5.74) is -0.247. The van der Waals surface area contributed by atoms with Crippen LogP contribution in [0, 0.1) is 10.1 Å². The number of non-ortho nitro benzene ring substituents is 1. The van der Waals surface area contributed by atoms with Gasteiger partial charge in [0, 0.05) is 24.7 Å². The van der Waals surface area contributed by atoms with Crippen LogP contribution in [0.4, 0.5) is 5.69 Å². The number of benzene rings is 2. The Balaban J connectivity index is 2.44. The van der Waals surface area contributed by atoms with E-state index in [-0.39, 0.29) is 20.4 Å². The molecule has 1 atom stereocenters. The molecule has 2 aromatic rings. The number of nitro benzene ring substituents is 1. The van der Waals surface area contributed by atoms with Gasteiger partial charge in [-0.25, -0.2) is 16.8 Å². The second kappa shape index (κ2) is 9.12. The van der Waals surface area contributed by atoms with Crippen LogP contribution in [-0.4, -0.2) is 35.0 Å². The van der Waals surface area contributed by atoms with Crippen LogP contribution in [0.25, 0.3) is 0 Å². The van der Waals surface area contributed by atoms with Crippen molar-refractivity contribution in [3.05, 3.63) is 87.2 Å². The third kappa shape index (κ3) is 5.37. The van der Waals surface area contributed by atoms with Crippen molar-refractivity contribution in [3.8, 4) is 0 Å². The van der Waals surface area contributed by atoms with E-state index in [4.69, 9.17) is 4.74 Å². The van der Waals surface area contributed by atoms with Gasteiger partial charge in [0.25, 0.3) is 5.69 Å². The molecular formula is C19H19NO7S2. The van der Waals surface area contributed by atoms with Crippen LogP contribution < -0.4 is 0 Å². The lowest BCUT2D eigenvalue weighted by Gasteiger charge is -2.14. The minimum absolute atomic E-state index is 0.0733. The minimum Gasteiger partial charge on any atom is -0.376 e. The predicted octanol–water partition coefficient (Wildman–Crippen LogP) is 3.27. The SMILES string of the molecule is COC(C)C(=CC=CS(=O)(=O)c1ccccc1)S(=O)(=O)c1ccc([N+](=O)[O-])cc1. The molecule has 154 valence electrons. The summed E-state index contributed by atoms with van der Waals surface area (Å²) in [5.74, 6) is 0. The van der Waals surface area contributed by atoms with E-state index in [1.165, 1.54) is 26.2 Å². The average Bonchev–Trinajstić information content (AvgIpc) is 2.71. The van der Waals surface area contributed by atoms with Crippen molar-refractivity contribution in [1.29, 1.82) is 0 Å². The number of hydrogen-bond donors (Lipinski definition) is 0. The number of nitro groups is 1. The summed E-state index contributed by atoms with van der Waals surface area (Å²) in [7, 11) is -6.51. The Bertz CT molecular complexity index is 1130. The van der Waals surface area contributed by atoms with Crippen LogP contribution in [0.3, 0.4) is 0 Å². The highest BCUT2D eigenvalue weighted by Gasteiger charge is 2.26. The smallest absolute Gasteiger partial charge is 0.269 e. The summed E-state index contributed by atoms with van der Waals surface area (Å²) in [5, 5.41) is 11.7. The van der Waals surface area contributed by atoms with Crippen LogP contribution in [0.15, 0.2) is 86.9 Å². The third-order valence-electron chi connectivity index (χ3n) is 4.01. The summed E-state index contributed by atoms with van der Waals surface area (Å²) >= 11 is 0. The first kappa shape index (κ1) is 22.5. The molecule has 0 amide bonds. The third-order valence-corrected chi connectivity index (χ3v) is 7.44. The van der Waals surface area contributed by atoms with E-state index >= 15 is 0 Å². The van der Waals surface area contributed by atoms with Crippen molar-refractivity contribution < 1.29 is 26.5 Å². The van der Waals surface area contributed by atoms with Gasteiger partial charge < -0.3 is 4.74 Å². The number of ether oxygens (including phenoxy) is 1. The molecule has 0 fully saturated rings. The number of hydrogen-bond acceptors (Lipinski definition) is 7.